The summed E-state index contributed by atoms with van der Waals surface area (Å²) in [6.07, 6.45) is 0. The molecule has 0 atom stereocenters. The minimum atomic E-state index is -0.235. The lowest BCUT2D eigenvalue weighted by Gasteiger charge is -2.13. The Kier molecular flexibility index (Phi) is 7.02. The molecule has 8 heteroatoms. The molecule has 0 fully saturated rings. The molecule has 0 unspecified atom stereocenters. The zero-order valence-corrected chi connectivity index (χ0v) is 16.6. The Morgan fingerprint density at radius 2 is 1.72 bits per heavy atom. The number of rotatable bonds is 5. The van der Waals surface area contributed by atoms with Crippen molar-refractivity contribution in [3.8, 4) is 0 Å². The second kappa shape index (κ2) is 8.81. The summed E-state index contributed by atoms with van der Waals surface area (Å²) >= 11 is 19.3. The summed E-state index contributed by atoms with van der Waals surface area (Å²) in [6, 6.07) is 9.85. The van der Waals surface area contributed by atoms with Crippen LogP contribution in [0.25, 0.3) is 0 Å². The van der Waals surface area contributed by atoms with E-state index in [1.165, 1.54) is 16.7 Å². The van der Waals surface area contributed by atoms with Gasteiger partial charge in [-0.05, 0) is 36.4 Å². The van der Waals surface area contributed by atoms with Crippen LogP contribution in [0.4, 0.5) is 5.69 Å². The van der Waals surface area contributed by atoms with Crippen LogP contribution in [0.2, 0.25) is 15.1 Å². The highest BCUT2D eigenvalue weighted by Gasteiger charge is 2.14. The van der Waals surface area contributed by atoms with Crippen molar-refractivity contribution in [3.05, 3.63) is 57.0 Å². The van der Waals surface area contributed by atoms with Crippen molar-refractivity contribution in [1.82, 2.24) is 4.90 Å². The maximum atomic E-state index is 12.1. The van der Waals surface area contributed by atoms with Gasteiger partial charge in [0.1, 0.15) is 0 Å². The van der Waals surface area contributed by atoms with Gasteiger partial charge in [-0.2, -0.15) is 0 Å². The van der Waals surface area contributed by atoms with Crippen molar-refractivity contribution in [3.63, 3.8) is 0 Å². The standard InChI is InChI=1S/C17H15Cl3N2O2S/c1-22(2)17(24)12-8-11(4-6-13(12)19)21-16(23)9-25-15-7-10(18)3-5-14(15)20/h3-8H,9H2,1-2H3,(H,21,23). The molecular weight excluding hydrogens is 403 g/mol. The Labute approximate surface area is 165 Å². The fraction of sp³-hybridized carbons (Fsp3) is 0.176. The van der Waals surface area contributed by atoms with Crippen LogP contribution in [0.3, 0.4) is 0 Å². The number of amides is 2. The van der Waals surface area contributed by atoms with Gasteiger partial charge in [0.25, 0.3) is 5.91 Å². The molecule has 0 saturated heterocycles. The van der Waals surface area contributed by atoms with Gasteiger partial charge in [-0.25, -0.2) is 0 Å². The highest BCUT2D eigenvalue weighted by Crippen LogP contribution is 2.30. The van der Waals surface area contributed by atoms with E-state index in [0.717, 1.165) is 4.90 Å². The molecule has 0 aliphatic heterocycles. The van der Waals surface area contributed by atoms with E-state index in [1.807, 2.05) is 0 Å². The van der Waals surface area contributed by atoms with Crippen LogP contribution in [-0.2, 0) is 4.79 Å². The average molecular weight is 418 g/mol. The van der Waals surface area contributed by atoms with Crippen LogP contribution in [0.15, 0.2) is 41.3 Å². The fourth-order valence-electron chi connectivity index (χ4n) is 1.94. The number of thioether (sulfide) groups is 1. The normalized spacial score (nSPS) is 10.4. The zero-order chi connectivity index (χ0) is 18.6. The van der Waals surface area contributed by atoms with Crippen LogP contribution < -0.4 is 5.32 Å². The highest BCUT2D eigenvalue weighted by molar-refractivity contribution is 8.00. The maximum absolute atomic E-state index is 12.1. The van der Waals surface area contributed by atoms with Crippen LogP contribution in [0.5, 0.6) is 0 Å². The Morgan fingerprint density at radius 1 is 1.04 bits per heavy atom. The monoisotopic (exact) mass is 416 g/mol. The van der Waals surface area contributed by atoms with E-state index in [9.17, 15) is 9.59 Å². The number of carbonyl (C=O) groups is 2. The average Bonchev–Trinajstić information content (AvgIpc) is 2.56. The first-order valence-electron chi connectivity index (χ1n) is 7.17. The third kappa shape index (κ3) is 5.54. The Bertz CT molecular complexity index is 812. The lowest BCUT2D eigenvalue weighted by Crippen LogP contribution is -2.22. The van der Waals surface area contributed by atoms with Gasteiger partial charge in [0.2, 0.25) is 5.91 Å². The molecule has 0 aromatic heterocycles. The van der Waals surface area contributed by atoms with Crippen LogP contribution in [0, 0.1) is 0 Å². The van der Waals surface area contributed by atoms with E-state index in [2.05, 4.69) is 5.32 Å². The SMILES string of the molecule is CN(C)C(=O)c1cc(NC(=O)CSc2cc(Cl)ccc2Cl)ccc1Cl. The van der Waals surface area contributed by atoms with Gasteiger partial charge in [-0.3, -0.25) is 9.59 Å². The van der Waals surface area contributed by atoms with Gasteiger partial charge < -0.3 is 10.2 Å². The number of carbonyl (C=O) groups excluding carboxylic acids is 2. The summed E-state index contributed by atoms with van der Waals surface area (Å²) in [7, 11) is 3.27. The lowest BCUT2D eigenvalue weighted by molar-refractivity contribution is -0.113. The van der Waals surface area contributed by atoms with E-state index >= 15 is 0 Å². The van der Waals surface area contributed by atoms with E-state index in [4.69, 9.17) is 34.8 Å². The topological polar surface area (TPSA) is 49.4 Å². The molecule has 0 aliphatic rings. The number of anilines is 1. The predicted octanol–water partition coefficient (Wildman–Crippen LogP) is 5.08. The van der Waals surface area contributed by atoms with Gasteiger partial charge in [0, 0.05) is 29.7 Å². The van der Waals surface area contributed by atoms with E-state index in [-0.39, 0.29) is 17.6 Å². The third-order valence-electron chi connectivity index (χ3n) is 3.14. The molecule has 4 nitrogen and oxygen atoms in total. The molecule has 132 valence electrons. The first kappa shape index (κ1) is 19.9. The summed E-state index contributed by atoms with van der Waals surface area (Å²) in [5, 5.41) is 4.16. The largest absolute Gasteiger partial charge is 0.345 e. The molecule has 2 amide bonds. The molecule has 0 aliphatic carbocycles. The Morgan fingerprint density at radius 3 is 2.40 bits per heavy atom. The number of nitrogens with zero attached hydrogens (tertiary/aromatic N) is 1. The van der Waals surface area contributed by atoms with E-state index < -0.39 is 0 Å². The summed E-state index contributed by atoms with van der Waals surface area (Å²) in [4.78, 5) is 26.4. The number of nitrogens with one attached hydrogen (secondary N) is 1. The van der Waals surface area contributed by atoms with Crippen molar-refractivity contribution < 1.29 is 9.59 Å². The highest BCUT2D eigenvalue weighted by atomic mass is 35.5. The van der Waals surface area contributed by atoms with Crippen molar-refractivity contribution in [2.45, 2.75) is 4.90 Å². The summed E-state index contributed by atoms with van der Waals surface area (Å²) in [5.74, 6) is -0.313. The molecule has 0 bridgehead atoms. The van der Waals surface area contributed by atoms with Gasteiger partial charge in [0.15, 0.2) is 0 Å². The van der Waals surface area contributed by atoms with Crippen molar-refractivity contribution in [2.24, 2.45) is 0 Å². The van der Waals surface area contributed by atoms with Crippen molar-refractivity contribution in [2.75, 3.05) is 25.2 Å². The molecule has 1 N–H and O–H groups in total. The molecule has 0 heterocycles. The molecule has 2 aromatic carbocycles. The van der Waals surface area contributed by atoms with Crippen molar-refractivity contribution >= 4 is 64.1 Å². The molecule has 0 saturated carbocycles. The fourth-order valence-corrected chi connectivity index (χ4v) is 3.43. The van der Waals surface area contributed by atoms with Crippen molar-refractivity contribution in [1.29, 1.82) is 0 Å². The smallest absolute Gasteiger partial charge is 0.254 e. The second-order valence-electron chi connectivity index (χ2n) is 5.31. The van der Waals surface area contributed by atoms with Gasteiger partial charge in [0.05, 0.1) is 21.4 Å². The van der Waals surface area contributed by atoms with Gasteiger partial charge in [-0.1, -0.05) is 34.8 Å². The lowest BCUT2D eigenvalue weighted by atomic mass is 10.1. The van der Waals surface area contributed by atoms with E-state index in [1.54, 1.807) is 50.5 Å². The second-order valence-corrected chi connectivity index (χ2v) is 7.57. The number of halogens is 3. The third-order valence-corrected chi connectivity index (χ3v) is 5.20. The molecule has 2 rings (SSSR count). The summed E-state index contributed by atoms with van der Waals surface area (Å²) in [6.45, 7) is 0. The molecule has 0 spiro atoms. The van der Waals surface area contributed by atoms with Gasteiger partial charge >= 0.3 is 0 Å². The summed E-state index contributed by atoms with van der Waals surface area (Å²) in [5.41, 5.74) is 0.826. The van der Waals surface area contributed by atoms with Crippen LogP contribution >= 0.6 is 46.6 Å². The predicted molar refractivity (Wildman–Crippen MR) is 105 cm³/mol. The molecule has 0 radical (unpaired) electrons. The maximum Gasteiger partial charge on any atom is 0.254 e. The molecule has 25 heavy (non-hydrogen) atoms. The minimum Gasteiger partial charge on any atom is -0.345 e. The Balaban J connectivity index is 2.04. The summed E-state index contributed by atoms with van der Waals surface area (Å²) < 4.78 is 0. The number of benzene rings is 2. The molecule has 2 aromatic rings. The van der Waals surface area contributed by atoms with E-state index in [0.29, 0.717) is 26.3 Å². The first-order chi connectivity index (χ1) is 11.8. The number of hydrogen-bond donors (Lipinski definition) is 1. The number of hydrogen-bond acceptors (Lipinski definition) is 3. The van der Waals surface area contributed by atoms with Crippen LogP contribution in [0.1, 0.15) is 10.4 Å². The molecular formula is C17H15Cl3N2O2S. The van der Waals surface area contributed by atoms with Crippen LogP contribution in [-0.4, -0.2) is 36.6 Å². The quantitative estimate of drug-likeness (QED) is 0.690. The first-order valence-corrected chi connectivity index (χ1v) is 9.29. The minimum absolute atomic E-state index is 0.152. The Hall–Kier alpha value is -1.40. The van der Waals surface area contributed by atoms with Gasteiger partial charge in [-0.15, -0.1) is 11.8 Å². The zero-order valence-electron chi connectivity index (χ0n) is 13.5.